The van der Waals surface area contributed by atoms with Crippen LogP contribution in [0.5, 0.6) is 0 Å². The lowest BCUT2D eigenvalue weighted by Gasteiger charge is -2.28. The molecule has 1 aromatic rings. The number of carbonyl (C=O) groups is 1. The van der Waals surface area contributed by atoms with Gasteiger partial charge in [0.2, 0.25) is 0 Å². The maximum absolute atomic E-state index is 12.2. The minimum Gasteiger partial charge on any atom is -0.399 e. The molecule has 3 N–H and O–H groups in total. The minimum absolute atomic E-state index is 0.0769. The predicted molar refractivity (Wildman–Crippen MR) is 79.0 cm³/mol. The van der Waals surface area contributed by atoms with Gasteiger partial charge in [0, 0.05) is 35.0 Å². The van der Waals surface area contributed by atoms with E-state index < -0.39 is 0 Å². The molecule has 0 radical (unpaired) electrons. The van der Waals surface area contributed by atoms with Crippen molar-refractivity contribution >= 4 is 27.5 Å². The summed E-state index contributed by atoms with van der Waals surface area (Å²) in [6.07, 6.45) is 2.00. The molecule has 4 nitrogen and oxygen atoms in total. The molecule has 0 saturated carbocycles. The maximum atomic E-state index is 12.2. The van der Waals surface area contributed by atoms with Crippen LogP contribution in [0.25, 0.3) is 0 Å². The lowest BCUT2D eigenvalue weighted by Crippen LogP contribution is -2.40. The number of rotatable bonds is 3. The Labute approximate surface area is 121 Å². The number of hydrogen-bond acceptors (Lipinski definition) is 3. The van der Waals surface area contributed by atoms with Crippen LogP contribution in [0.1, 0.15) is 30.1 Å². The molecule has 1 unspecified atom stereocenters. The Kier molecular flexibility index (Phi) is 4.82. The zero-order chi connectivity index (χ0) is 13.8. The van der Waals surface area contributed by atoms with E-state index in [1.165, 1.54) is 0 Å². The van der Waals surface area contributed by atoms with Crippen molar-refractivity contribution in [1.82, 2.24) is 5.32 Å². The van der Waals surface area contributed by atoms with Crippen molar-refractivity contribution in [2.45, 2.75) is 25.8 Å². The molecule has 1 aliphatic heterocycles. The van der Waals surface area contributed by atoms with Gasteiger partial charge in [0.05, 0.1) is 0 Å². The standard InChI is InChI=1S/C14H19BrN2O2/c1-9(10-2-4-19-5-3-10)17-14(18)11-6-12(15)8-13(16)7-11/h6-10H,2-5,16H2,1H3,(H,17,18). The third-order valence-electron chi connectivity index (χ3n) is 3.51. The van der Waals surface area contributed by atoms with Gasteiger partial charge >= 0.3 is 0 Å². The van der Waals surface area contributed by atoms with Crippen LogP contribution in [0.3, 0.4) is 0 Å². The molecule has 1 fully saturated rings. The molecule has 5 heteroatoms. The molecule has 1 atom stereocenters. The van der Waals surface area contributed by atoms with Crippen LogP contribution in [-0.4, -0.2) is 25.2 Å². The first-order chi connectivity index (χ1) is 9.06. The number of nitrogen functional groups attached to an aromatic ring is 1. The second kappa shape index (κ2) is 6.39. The van der Waals surface area contributed by atoms with E-state index in [1.54, 1.807) is 18.2 Å². The molecule has 2 rings (SSSR count). The van der Waals surface area contributed by atoms with Crippen molar-refractivity contribution in [3.63, 3.8) is 0 Å². The molecule has 0 aromatic heterocycles. The van der Waals surface area contributed by atoms with Gasteiger partial charge in [0.1, 0.15) is 0 Å². The summed E-state index contributed by atoms with van der Waals surface area (Å²) >= 11 is 3.35. The number of nitrogens with two attached hydrogens (primary N) is 1. The van der Waals surface area contributed by atoms with E-state index in [-0.39, 0.29) is 11.9 Å². The second-order valence-electron chi connectivity index (χ2n) is 4.99. The molecular formula is C14H19BrN2O2. The fraction of sp³-hybridized carbons (Fsp3) is 0.500. The highest BCUT2D eigenvalue weighted by Gasteiger charge is 2.22. The summed E-state index contributed by atoms with van der Waals surface area (Å²) in [5, 5.41) is 3.05. The molecule has 0 aliphatic carbocycles. The molecule has 1 saturated heterocycles. The summed E-state index contributed by atoms with van der Waals surface area (Å²) in [5.41, 5.74) is 6.91. The van der Waals surface area contributed by atoms with Crippen LogP contribution in [0.4, 0.5) is 5.69 Å². The lowest BCUT2D eigenvalue weighted by atomic mass is 9.93. The van der Waals surface area contributed by atoms with E-state index in [0.717, 1.165) is 30.5 Å². The molecule has 0 bridgehead atoms. The first-order valence-corrected chi connectivity index (χ1v) is 7.30. The Hall–Kier alpha value is -1.07. The summed E-state index contributed by atoms with van der Waals surface area (Å²) in [5.74, 6) is 0.411. The number of anilines is 1. The first-order valence-electron chi connectivity index (χ1n) is 6.51. The average Bonchev–Trinajstić information content (AvgIpc) is 2.38. The van der Waals surface area contributed by atoms with Crippen LogP contribution in [0, 0.1) is 5.92 Å². The van der Waals surface area contributed by atoms with Gasteiger partial charge in [-0.2, -0.15) is 0 Å². The number of amides is 1. The van der Waals surface area contributed by atoms with E-state index in [4.69, 9.17) is 10.5 Å². The largest absolute Gasteiger partial charge is 0.399 e. The number of halogens is 1. The third kappa shape index (κ3) is 3.94. The van der Waals surface area contributed by atoms with E-state index in [2.05, 4.69) is 28.2 Å². The van der Waals surface area contributed by atoms with Gasteiger partial charge < -0.3 is 15.8 Å². The van der Waals surface area contributed by atoms with Crippen LogP contribution in [0.15, 0.2) is 22.7 Å². The zero-order valence-electron chi connectivity index (χ0n) is 11.0. The van der Waals surface area contributed by atoms with E-state index >= 15 is 0 Å². The topological polar surface area (TPSA) is 64.4 Å². The highest BCUT2D eigenvalue weighted by atomic mass is 79.9. The molecule has 1 amide bonds. The number of ether oxygens (including phenoxy) is 1. The molecule has 104 valence electrons. The second-order valence-corrected chi connectivity index (χ2v) is 5.90. The molecule has 1 aliphatic rings. The zero-order valence-corrected chi connectivity index (χ0v) is 12.6. The lowest BCUT2D eigenvalue weighted by molar-refractivity contribution is 0.0538. The smallest absolute Gasteiger partial charge is 0.251 e. The number of benzene rings is 1. The number of hydrogen-bond donors (Lipinski definition) is 2. The van der Waals surface area contributed by atoms with Crippen LogP contribution >= 0.6 is 15.9 Å². The van der Waals surface area contributed by atoms with Gasteiger partial charge in [-0.15, -0.1) is 0 Å². The number of carbonyl (C=O) groups excluding carboxylic acids is 1. The van der Waals surface area contributed by atoms with Crippen molar-refractivity contribution in [3.8, 4) is 0 Å². The van der Waals surface area contributed by atoms with Crippen LogP contribution < -0.4 is 11.1 Å². The van der Waals surface area contributed by atoms with Crippen LogP contribution in [-0.2, 0) is 4.74 Å². The Morgan fingerprint density at radius 3 is 2.74 bits per heavy atom. The maximum Gasteiger partial charge on any atom is 0.251 e. The minimum atomic E-state index is -0.0769. The fourth-order valence-corrected chi connectivity index (χ4v) is 2.88. The molecule has 19 heavy (non-hydrogen) atoms. The van der Waals surface area contributed by atoms with Gasteiger partial charge in [-0.3, -0.25) is 4.79 Å². The Bertz CT molecular complexity index is 439. The van der Waals surface area contributed by atoms with Gasteiger partial charge in [0.25, 0.3) is 5.91 Å². The Morgan fingerprint density at radius 2 is 2.11 bits per heavy atom. The van der Waals surface area contributed by atoms with E-state index in [9.17, 15) is 4.79 Å². The van der Waals surface area contributed by atoms with E-state index in [1.807, 2.05) is 0 Å². The summed E-state index contributed by atoms with van der Waals surface area (Å²) in [4.78, 5) is 12.2. The molecule has 1 aromatic carbocycles. The summed E-state index contributed by atoms with van der Waals surface area (Å²) in [6.45, 7) is 3.62. The fourth-order valence-electron chi connectivity index (χ4n) is 2.37. The van der Waals surface area contributed by atoms with Crippen molar-refractivity contribution < 1.29 is 9.53 Å². The van der Waals surface area contributed by atoms with Gasteiger partial charge in [-0.1, -0.05) is 15.9 Å². The highest BCUT2D eigenvalue weighted by molar-refractivity contribution is 9.10. The van der Waals surface area contributed by atoms with Crippen LogP contribution in [0.2, 0.25) is 0 Å². The van der Waals surface area contributed by atoms with Crippen molar-refractivity contribution in [2.75, 3.05) is 18.9 Å². The molecule has 1 heterocycles. The average molecular weight is 327 g/mol. The highest BCUT2D eigenvalue weighted by Crippen LogP contribution is 2.20. The summed E-state index contributed by atoms with van der Waals surface area (Å²) < 4.78 is 6.15. The van der Waals surface area contributed by atoms with Gasteiger partial charge in [0.15, 0.2) is 0 Å². The summed E-state index contributed by atoms with van der Waals surface area (Å²) in [7, 11) is 0. The van der Waals surface area contributed by atoms with Crippen molar-refractivity contribution in [2.24, 2.45) is 5.92 Å². The quantitative estimate of drug-likeness (QED) is 0.839. The SMILES string of the molecule is CC(NC(=O)c1cc(N)cc(Br)c1)C1CCOCC1. The number of nitrogens with one attached hydrogen (secondary N) is 1. The van der Waals surface area contributed by atoms with Crippen molar-refractivity contribution in [1.29, 1.82) is 0 Å². The Morgan fingerprint density at radius 1 is 1.42 bits per heavy atom. The third-order valence-corrected chi connectivity index (χ3v) is 3.97. The monoisotopic (exact) mass is 326 g/mol. The van der Waals surface area contributed by atoms with Gasteiger partial charge in [-0.05, 0) is 43.9 Å². The first kappa shape index (κ1) is 14.3. The predicted octanol–water partition coefficient (Wildman–Crippen LogP) is 2.58. The van der Waals surface area contributed by atoms with Crippen molar-refractivity contribution in [3.05, 3.63) is 28.2 Å². The Balaban J connectivity index is 1.99. The van der Waals surface area contributed by atoms with E-state index in [0.29, 0.717) is 17.2 Å². The summed E-state index contributed by atoms with van der Waals surface area (Å²) in [6, 6.07) is 5.40. The van der Waals surface area contributed by atoms with Gasteiger partial charge in [-0.25, -0.2) is 0 Å². The molecule has 0 spiro atoms. The molecular weight excluding hydrogens is 308 g/mol. The normalized spacial score (nSPS) is 18.0.